The third kappa shape index (κ3) is 3.09. The fourth-order valence-electron chi connectivity index (χ4n) is 1.87. The number of aromatic nitrogens is 2. The van der Waals surface area contributed by atoms with Crippen LogP contribution in [0.2, 0.25) is 0 Å². The van der Waals surface area contributed by atoms with Gasteiger partial charge in [0.2, 0.25) is 0 Å². The van der Waals surface area contributed by atoms with Gasteiger partial charge in [-0.05, 0) is 19.8 Å². The Hall–Kier alpha value is -1.85. The number of aliphatic carboxylic acids is 1. The Morgan fingerprint density at radius 1 is 1.50 bits per heavy atom. The Balaban J connectivity index is 2.01. The van der Waals surface area contributed by atoms with E-state index >= 15 is 0 Å². The van der Waals surface area contributed by atoms with Crippen LogP contribution in [0.5, 0.6) is 0 Å². The van der Waals surface area contributed by atoms with E-state index in [4.69, 9.17) is 5.11 Å². The molecule has 0 unspecified atom stereocenters. The molecule has 98 valence electrons. The molecule has 18 heavy (non-hydrogen) atoms. The van der Waals surface area contributed by atoms with Crippen LogP contribution in [-0.4, -0.2) is 33.2 Å². The highest BCUT2D eigenvalue weighted by atomic mass is 16.4. The van der Waals surface area contributed by atoms with Crippen molar-refractivity contribution in [3.8, 4) is 0 Å². The van der Waals surface area contributed by atoms with Gasteiger partial charge < -0.3 is 10.4 Å². The van der Waals surface area contributed by atoms with Crippen LogP contribution < -0.4 is 5.32 Å². The molecule has 0 spiro atoms. The fraction of sp³-hybridized carbons (Fsp3) is 0.583. The van der Waals surface area contributed by atoms with Crippen molar-refractivity contribution in [3.05, 3.63) is 12.4 Å². The molecule has 1 aromatic rings. The van der Waals surface area contributed by atoms with Gasteiger partial charge in [0.05, 0.1) is 11.9 Å². The number of aliphatic imine (C=N–C) groups is 1. The minimum Gasteiger partial charge on any atom is -0.480 e. The van der Waals surface area contributed by atoms with Crippen LogP contribution >= 0.6 is 0 Å². The molecule has 1 aliphatic rings. The molecule has 0 saturated heterocycles. The van der Waals surface area contributed by atoms with Crippen molar-refractivity contribution < 1.29 is 9.90 Å². The molecule has 0 saturated carbocycles. The molecule has 2 heterocycles. The van der Waals surface area contributed by atoms with Gasteiger partial charge in [-0.25, -0.2) is 4.79 Å². The van der Waals surface area contributed by atoms with Gasteiger partial charge in [0.15, 0.2) is 0 Å². The summed E-state index contributed by atoms with van der Waals surface area (Å²) in [4.78, 5) is 15.3. The summed E-state index contributed by atoms with van der Waals surface area (Å²) in [6.07, 6.45) is 7.77. The van der Waals surface area contributed by atoms with E-state index in [2.05, 4.69) is 15.4 Å². The summed E-state index contributed by atoms with van der Waals surface area (Å²) in [5.41, 5.74) is 0.795. The van der Waals surface area contributed by atoms with Crippen LogP contribution in [0.1, 0.15) is 38.6 Å². The SMILES string of the molecule is C[C@@H](C(=O)O)n1cc(NC2=NCCCCC2)cn1. The Morgan fingerprint density at radius 2 is 2.33 bits per heavy atom. The van der Waals surface area contributed by atoms with Crippen molar-refractivity contribution in [2.45, 2.75) is 38.6 Å². The summed E-state index contributed by atoms with van der Waals surface area (Å²) in [6.45, 7) is 2.46. The predicted octanol–water partition coefficient (Wildman–Crippen LogP) is 1.91. The molecule has 2 rings (SSSR count). The summed E-state index contributed by atoms with van der Waals surface area (Å²) in [5.74, 6) is 0.0754. The molecule has 6 heteroatoms. The van der Waals surface area contributed by atoms with E-state index in [1.54, 1.807) is 19.3 Å². The second kappa shape index (κ2) is 5.66. The van der Waals surface area contributed by atoms with E-state index < -0.39 is 12.0 Å². The average Bonchev–Trinajstić information content (AvgIpc) is 2.64. The predicted molar refractivity (Wildman–Crippen MR) is 69.0 cm³/mol. The van der Waals surface area contributed by atoms with Gasteiger partial charge in [-0.1, -0.05) is 6.42 Å². The second-order valence-corrected chi connectivity index (χ2v) is 4.49. The molecule has 0 radical (unpaired) electrons. The summed E-state index contributed by atoms with van der Waals surface area (Å²) in [7, 11) is 0. The van der Waals surface area contributed by atoms with Crippen LogP contribution in [0.3, 0.4) is 0 Å². The summed E-state index contributed by atoms with van der Waals surface area (Å²) < 4.78 is 1.43. The smallest absolute Gasteiger partial charge is 0.328 e. The summed E-state index contributed by atoms with van der Waals surface area (Å²) in [6, 6.07) is -0.656. The molecule has 0 fully saturated rings. The first-order valence-electron chi connectivity index (χ1n) is 6.24. The lowest BCUT2D eigenvalue weighted by molar-refractivity contribution is -0.140. The van der Waals surface area contributed by atoms with Crippen molar-refractivity contribution in [2.24, 2.45) is 4.99 Å². The highest BCUT2D eigenvalue weighted by Gasteiger charge is 2.14. The molecular weight excluding hydrogens is 232 g/mol. The number of hydrogen-bond acceptors (Lipinski definition) is 4. The number of carboxylic acid groups (broad SMARTS) is 1. The standard InChI is InChI=1S/C12H18N4O2/c1-9(12(17)18)16-8-10(7-14-16)15-11-5-3-2-4-6-13-11/h7-9H,2-6H2,1H3,(H,13,15)(H,17,18)/t9-/m0/s1. The third-order valence-corrected chi connectivity index (χ3v) is 3.02. The fourth-order valence-corrected chi connectivity index (χ4v) is 1.87. The van der Waals surface area contributed by atoms with Gasteiger partial charge >= 0.3 is 5.97 Å². The molecule has 0 amide bonds. The largest absolute Gasteiger partial charge is 0.480 e. The van der Waals surface area contributed by atoms with E-state index in [0.717, 1.165) is 37.3 Å². The quantitative estimate of drug-likeness (QED) is 0.858. The minimum absolute atomic E-state index is 0.656. The number of carboxylic acids is 1. The lowest BCUT2D eigenvalue weighted by Crippen LogP contribution is -2.16. The number of nitrogens with zero attached hydrogens (tertiary/aromatic N) is 3. The zero-order valence-electron chi connectivity index (χ0n) is 10.5. The highest BCUT2D eigenvalue weighted by Crippen LogP contribution is 2.14. The van der Waals surface area contributed by atoms with Crippen molar-refractivity contribution in [3.63, 3.8) is 0 Å². The molecule has 2 N–H and O–H groups in total. The molecule has 1 aromatic heterocycles. The van der Waals surface area contributed by atoms with Crippen molar-refractivity contribution >= 4 is 17.5 Å². The monoisotopic (exact) mass is 250 g/mol. The number of amidine groups is 1. The van der Waals surface area contributed by atoms with E-state index in [0.29, 0.717) is 0 Å². The van der Waals surface area contributed by atoms with Crippen LogP contribution in [-0.2, 0) is 4.79 Å². The molecule has 1 aliphatic heterocycles. The first-order chi connectivity index (χ1) is 8.66. The Kier molecular flexibility index (Phi) is 3.96. The maximum absolute atomic E-state index is 10.8. The van der Waals surface area contributed by atoms with Crippen LogP contribution in [0.25, 0.3) is 0 Å². The normalized spacial score (nSPS) is 17.7. The van der Waals surface area contributed by atoms with E-state index in [-0.39, 0.29) is 0 Å². The van der Waals surface area contributed by atoms with Gasteiger partial charge in [0.25, 0.3) is 0 Å². The van der Waals surface area contributed by atoms with E-state index in [1.807, 2.05) is 0 Å². The van der Waals surface area contributed by atoms with Crippen LogP contribution in [0.15, 0.2) is 17.4 Å². The number of rotatable bonds is 3. The molecule has 0 bridgehead atoms. The second-order valence-electron chi connectivity index (χ2n) is 4.49. The number of hydrogen-bond donors (Lipinski definition) is 2. The highest BCUT2D eigenvalue weighted by molar-refractivity contribution is 5.95. The van der Waals surface area contributed by atoms with Gasteiger partial charge in [-0.15, -0.1) is 0 Å². The number of anilines is 1. The van der Waals surface area contributed by atoms with Crippen molar-refractivity contribution in [1.29, 1.82) is 0 Å². The molecule has 1 atom stereocenters. The lowest BCUT2D eigenvalue weighted by atomic mass is 10.2. The minimum atomic E-state index is -0.892. The summed E-state index contributed by atoms with van der Waals surface area (Å²) in [5, 5.41) is 16.2. The first-order valence-corrected chi connectivity index (χ1v) is 6.24. The van der Waals surface area contributed by atoms with E-state index in [9.17, 15) is 4.79 Å². The maximum atomic E-state index is 10.8. The maximum Gasteiger partial charge on any atom is 0.328 e. The third-order valence-electron chi connectivity index (χ3n) is 3.02. The van der Waals surface area contributed by atoms with E-state index in [1.165, 1.54) is 11.1 Å². The first kappa shape index (κ1) is 12.6. The molecular formula is C12H18N4O2. The van der Waals surface area contributed by atoms with Gasteiger partial charge in [0.1, 0.15) is 11.9 Å². The van der Waals surface area contributed by atoms with Crippen LogP contribution in [0, 0.1) is 0 Å². The Morgan fingerprint density at radius 3 is 3.11 bits per heavy atom. The zero-order chi connectivity index (χ0) is 13.0. The van der Waals surface area contributed by atoms with Crippen molar-refractivity contribution in [2.75, 3.05) is 11.9 Å². The van der Waals surface area contributed by atoms with Crippen LogP contribution in [0.4, 0.5) is 5.69 Å². The Bertz CT molecular complexity index is 453. The summed E-state index contributed by atoms with van der Waals surface area (Å²) >= 11 is 0. The average molecular weight is 250 g/mol. The number of nitrogens with one attached hydrogen (secondary N) is 1. The lowest BCUT2D eigenvalue weighted by Gasteiger charge is -2.06. The topological polar surface area (TPSA) is 79.5 Å². The Labute approximate surface area is 106 Å². The zero-order valence-corrected chi connectivity index (χ0v) is 10.5. The van der Waals surface area contributed by atoms with Gasteiger partial charge in [-0.2, -0.15) is 5.10 Å². The molecule has 6 nitrogen and oxygen atoms in total. The van der Waals surface area contributed by atoms with Gasteiger partial charge in [-0.3, -0.25) is 9.67 Å². The van der Waals surface area contributed by atoms with Crippen molar-refractivity contribution in [1.82, 2.24) is 9.78 Å². The van der Waals surface area contributed by atoms with Gasteiger partial charge in [0, 0.05) is 19.2 Å². The molecule has 0 aliphatic carbocycles. The molecule has 0 aromatic carbocycles. The number of carbonyl (C=O) groups is 1.